The second kappa shape index (κ2) is 20.0. The number of amides is 4. The van der Waals surface area contributed by atoms with Crippen molar-refractivity contribution in [1.29, 1.82) is 0 Å². The number of ether oxygens (including phenoxy) is 5. The highest BCUT2D eigenvalue weighted by atomic mass is 32.1. The average Bonchev–Trinajstić information content (AvgIpc) is 4.16. The predicted octanol–water partition coefficient (Wildman–Crippen LogP) is 8.60. The van der Waals surface area contributed by atoms with Crippen molar-refractivity contribution in [3.05, 3.63) is 88.4 Å². The van der Waals surface area contributed by atoms with E-state index in [1.54, 1.807) is 0 Å². The number of benzene rings is 2. The molecule has 4 N–H and O–H groups in total. The lowest BCUT2D eigenvalue weighted by Crippen LogP contribution is -2.53. The summed E-state index contributed by atoms with van der Waals surface area (Å²) in [5, 5.41) is 6.74. The third-order valence-electron chi connectivity index (χ3n) is 15.9. The van der Waals surface area contributed by atoms with Gasteiger partial charge in [-0.05, 0) is 124 Å². The average molecular weight is 1010 g/mol. The van der Waals surface area contributed by atoms with E-state index in [1.807, 2.05) is 33.5 Å². The molecule has 19 heteroatoms. The van der Waals surface area contributed by atoms with Crippen molar-refractivity contribution < 1.29 is 42.9 Å². The first-order valence-corrected chi connectivity index (χ1v) is 26.7. The molecule has 12 rings (SSSR count). The summed E-state index contributed by atoms with van der Waals surface area (Å²) in [5.74, 6) is 2.44. The Balaban J connectivity index is 0.825. The van der Waals surface area contributed by atoms with Gasteiger partial charge in [0.25, 0.3) is 0 Å². The third-order valence-corrected chi connectivity index (χ3v) is 17.2. The monoisotopic (exact) mass is 1010 g/mol. The van der Waals surface area contributed by atoms with Crippen molar-refractivity contribution in [2.24, 2.45) is 11.8 Å². The molecule has 382 valence electrons. The largest absolute Gasteiger partial charge is 0.464 e. The lowest BCUT2D eigenvalue weighted by Gasteiger charge is -2.34. The molecule has 5 fully saturated rings. The molecule has 5 aliphatic heterocycles. The van der Waals surface area contributed by atoms with Gasteiger partial charge in [-0.3, -0.25) is 14.2 Å². The van der Waals surface area contributed by atoms with Crippen LogP contribution in [0.3, 0.4) is 0 Å². The topological polar surface area (TPSA) is 207 Å². The van der Waals surface area contributed by atoms with Gasteiger partial charge < -0.3 is 54.1 Å². The highest BCUT2D eigenvalue weighted by molar-refractivity contribution is 7.12. The molecule has 18 nitrogen and oxygen atoms in total. The van der Waals surface area contributed by atoms with Gasteiger partial charge in [0.15, 0.2) is 0 Å². The van der Waals surface area contributed by atoms with E-state index in [1.165, 1.54) is 31.9 Å². The van der Waals surface area contributed by atoms with Crippen LogP contribution in [0.4, 0.5) is 9.59 Å². The number of carbonyl (C=O) groups is 4. The fraction of sp³-hybridized carbons (Fsp3) is 0.481. The first-order chi connectivity index (χ1) is 35.7. The Morgan fingerprint density at radius 1 is 0.671 bits per heavy atom. The highest BCUT2D eigenvalue weighted by Gasteiger charge is 2.42. The summed E-state index contributed by atoms with van der Waals surface area (Å²) < 4.78 is 30.4. The molecule has 6 aromatic rings. The quantitative estimate of drug-likeness (QED) is 0.0913. The number of hydrogen-bond acceptors (Lipinski definition) is 12. The van der Waals surface area contributed by atoms with Crippen molar-refractivity contribution in [2.45, 2.75) is 101 Å². The zero-order chi connectivity index (χ0) is 49.7. The number of hydrogen-bond donors (Lipinski definition) is 4. The molecule has 5 atom stereocenters. The normalized spacial score (nSPS) is 22.1. The summed E-state index contributed by atoms with van der Waals surface area (Å²) in [6.45, 7) is 3.33. The first-order valence-electron chi connectivity index (χ1n) is 25.8. The number of nitrogens with one attached hydrogen (secondary N) is 4. The van der Waals surface area contributed by atoms with Gasteiger partial charge in [-0.15, -0.1) is 11.3 Å². The number of aromatic amines is 2. The number of likely N-dealkylation sites (tertiary alicyclic amines) is 2. The van der Waals surface area contributed by atoms with Crippen molar-refractivity contribution in [1.82, 2.24) is 44.9 Å². The Morgan fingerprint density at radius 2 is 1.22 bits per heavy atom. The Morgan fingerprint density at radius 3 is 1.78 bits per heavy atom. The summed E-state index contributed by atoms with van der Waals surface area (Å²) in [4.78, 5) is 76.5. The van der Waals surface area contributed by atoms with E-state index in [0.29, 0.717) is 82.8 Å². The van der Waals surface area contributed by atoms with Gasteiger partial charge >= 0.3 is 12.2 Å². The minimum Gasteiger partial charge on any atom is -0.464 e. The van der Waals surface area contributed by atoms with Gasteiger partial charge in [0, 0.05) is 66.5 Å². The molecule has 1 saturated carbocycles. The van der Waals surface area contributed by atoms with E-state index in [0.717, 1.165) is 81.0 Å². The van der Waals surface area contributed by atoms with Crippen molar-refractivity contribution in [3.8, 4) is 39.5 Å². The number of carbonyl (C=O) groups excluding carboxylic acids is 4. The fourth-order valence-corrected chi connectivity index (χ4v) is 13.0. The SMILES string of the molecule is COC(=O)N[C@H](C(=O)N1CCC[C@H]1c1ncc(-c2ccc3c(c2)OC(c2ccc(C4CC4)s2)n2c-3cc3cc(-c4cnc([C@@H]5CCCN5C(=O)[C@@H](NC(=O)OC)C5CCOCC5)[nH]4)ccc32)[nH]1)C1CCOCC1. The third kappa shape index (κ3) is 9.13. The number of imidazole rings is 2. The molecular formula is C54H61N9O9S. The van der Waals surface area contributed by atoms with Crippen LogP contribution in [-0.2, 0) is 28.5 Å². The number of methoxy groups -OCH3 is 2. The van der Waals surface area contributed by atoms with Crippen LogP contribution in [0.5, 0.6) is 5.75 Å². The summed E-state index contributed by atoms with van der Waals surface area (Å²) in [7, 11) is 2.63. The maximum absolute atomic E-state index is 14.3. The van der Waals surface area contributed by atoms with E-state index in [2.05, 4.69) is 79.8 Å². The van der Waals surface area contributed by atoms with Crippen LogP contribution in [0.2, 0.25) is 0 Å². The molecule has 4 amide bonds. The number of alkyl carbamates (subject to hydrolysis) is 2. The maximum Gasteiger partial charge on any atom is 0.407 e. The Kier molecular flexibility index (Phi) is 12.9. The number of aromatic nitrogens is 5. The van der Waals surface area contributed by atoms with Gasteiger partial charge in [-0.2, -0.15) is 0 Å². The molecule has 1 aliphatic carbocycles. The molecular weight excluding hydrogens is 951 g/mol. The molecule has 9 heterocycles. The molecule has 2 aromatic carbocycles. The second-order valence-corrected chi connectivity index (χ2v) is 21.4. The molecule has 0 bridgehead atoms. The molecule has 73 heavy (non-hydrogen) atoms. The summed E-state index contributed by atoms with van der Waals surface area (Å²) >= 11 is 1.82. The lowest BCUT2D eigenvalue weighted by atomic mass is 9.90. The molecule has 6 aliphatic rings. The van der Waals surface area contributed by atoms with Gasteiger partial charge in [-0.1, -0.05) is 12.1 Å². The number of H-pyrrole nitrogens is 2. The summed E-state index contributed by atoms with van der Waals surface area (Å²) in [6.07, 6.45) is 10.3. The Labute approximate surface area is 426 Å². The molecule has 0 spiro atoms. The van der Waals surface area contributed by atoms with E-state index in [-0.39, 0.29) is 35.7 Å². The number of rotatable bonds is 12. The van der Waals surface area contributed by atoms with E-state index in [4.69, 9.17) is 33.7 Å². The minimum absolute atomic E-state index is 0.0490. The summed E-state index contributed by atoms with van der Waals surface area (Å²) in [5.41, 5.74) is 6.59. The van der Waals surface area contributed by atoms with Gasteiger partial charge in [0.2, 0.25) is 18.0 Å². The van der Waals surface area contributed by atoms with Crippen LogP contribution >= 0.6 is 11.3 Å². The van der Waals surface area contributed by atoms with Crippen molar-refractivity contribution in [2.75, 3.05) is 53.7 Å². The highest BCUT2D eigenvalue weighted by Crippen LogP contribution is 2.50. The molecule has 4 aromatic heterocycles. The van der Waals surface area contributed by atoms with Crippen molar-refractivity contribution in [3.63, 3.8) is 0 Å². The van der Waals surface area contributed by atoms with E-state index < -0.39 is 30.5 Å². The summed E-state index contributed by atoms with van der Waals surface area (Å²) in [6, 6.07) is 17.5. The number of fused-ring (bicyclic) bond motifs is 5. The first kappa shape index (κ1) is 47.3. The van der Waals surface area contributed by atoms with E-state index >= 15 is 0 Å². The Hall–Kier alpha value is -6.70. The molecule has 1 unspecified atom stereocenters. The fourth-order valence-electron chi connectivity index (χ4n) is 11.8. The van der Waals surface area contributed by atoms with Gasteiger partial charge in [0.1, 0.15) is 29.5 Å². The zero-order valence-electron chi connectivity index (χ0n) is 41.1. The van der Waals surface area contributed by atoms with Crippen LogP contribution in [0.25, 0.3) is 44.7 Å². The number of nitrogens with zero attached hydrogens (tertiary/aromatic N) is 5. The molecule has 4 saturated heterocycles. The lowest BCUT2D eigenvalue weighted by molar-refractivity contribution is -0.137. The zero-order valence-corrected chi connectivity index (χ0v) is 41.9. The molecule has 0 radical (unpaired) electrons. The number of thiophene rings is 1. The van der Waals surface area contributed by atoms with Crippen LogP contribution in [0.1, 0.15) is 110 Å². The Bertz CT molecular complexity index is 3040. The van der Waals surface area contributed by atoms with E-state index in [9.17, 15) is 19.2 Å². The maximum atomic E-state index is 14.3. The van der Waals surface area contributed by atoms with Gasteiger partial charge in [-0.25, -0.2) is 19.6 Å². The second-order valence-electron chi connectivity index (χ2n) is 20.2. The predicted molar refractivity (Wildman–Crippen MR) is 271 cm³/mol. The van der Waals surface area contributed by atoms with Crippen LogP contribution in [0.15, 0.2) is 67.0 Å². The van der Waals surface area contributed by atoms with Gasteiger partial charge in [0.05, 0.1) is 66.2 Å². The standard InChI is InChI=1S/C54H61N9O9S/c1-68-53(66)59-46(31-15-21-70-22-16-31)50(64)61-19-3-5-40(61)48-55-28-37(57-48)33-10-12-39-35(25-33)26-42-36-11-9-34(27-43(36)72-52(63(39)42)45-14-13-44(73-45)30-7-8-30)38-29-56-49(58-38)41-6-4-20-62(41)51(65)47(60-54(67)69-2)32-17-23-71-24-18-32/h9-14,25-32,40-41,46-47,52H,3-8,15-24H2,1-2H3,(H,55,57)(H,56,58)(H,59,66)(H,60,67)/t40-,41-,46-,47-,52?/m0/s1. The van der Waals surface area contributed by atoms with Crippen molar-refractivity contribution >= 4 is 46.2 Å². The van der Waals surface area contributed by atoms with Crippen LogP contribution in [0, 0.1) is 11.8 Å². The van der Waals surface area contributed by atoms with Crippen LogP contribution in [-0.4, -0.2) is 124 Å². The van der Waals surface area contributed by atoms with Crippen LogP contribution < -0.4 is 15.4 Å². The smallest absolute Gasteiger partial charge is 0.407 e. The minimum atomic E-state index is -0.714.